The van der Waals surface area contributed by atoms with Crippen molar-refractivity contribution in [1.29, 1.82) is 0 Å². The molecule has 160 valence electrons. The highest BCUT2D eigenvalue weighted by molar-refractivity contribution is 5.39. The standard InChI is InChI=1S/C24H27N5O2/c1-27(2)16-21-17-31-24(26-21)29(15-20-5-4-6-23(13-20)30-3)14-19-7-9-22(10-8-19)28-12-11-25-18-28/h4-13,17-18H,14-16H2,1-3H3. The monoisotopic (exact) mass is 417 g/mol. The first-order valence-electron chi connectivity index (χ1n) is 10.1. The van der Waals surface area contributed by atoms with Crippen molar-refractivity contribution < 1.29 is 9.15 Å². The molecule has 2 aromatic carbocycles. The summed E-state index contributed by atoms with van der Waals surface area (Å²) in [6.45, 7) is 2.06. The van der Waals surface area contributed by atoms with E-state index in [4.69, 9.17) is 14.1 Å². The molecule has 0 aliphatic rings. The van der Waals surface area contributed by atoms with Gasteiger partial charge in [-0.1, -0.05) is 24.3 Å². The first-order valence-corrected chi connectivity index (χ1v) is 10.1. The number of ether oxygens (including phenoxy) is 1. The molecule has 2 aromatic heterocycles. The zero-order valence-electron chi connectivity index (χ0n) is 18.1. The van der Waals surface area contributed by atoms with Crippen LogP contribution in [-0.4, -0.2) is 40.6 Å². The van der Waals surface area contributed by atoms with Crippen LogP contribution in [0.2, 0.25) is 0 Å². The predicted octanol–water partition coefficient (Wildman–Crippen LogP) is 4.14. The minimum atomic E-state index is 0.610. The third kappa shape index (κ3) is 5.32. The van der Waals surface area contributed by atoms with Gasteiger partial charge < -0.3 is 23.5 Å². The van der Waals surface area contributed by atoms with E-state index in [2.05, 4.69) is 45.1 Å². The number of anilines is 1. The maximum Gasteiger partial charge on any atom is 0.298 e. The van der Waals surface area contributed by atoms with Gasteiger partial charge in [-0.15, -0.1) is 0 Å². The van der Waals surface area contributed by atoms with Crippen LogP contribution >= 0.6 is 0 Å². The van der Waals surface area contributed by atoms with Gasteiger partial charge in [-0.05, 0) is 49.5 Å². The van der Waals surface area contributed by atoms with E-state index in [9.17, 15) is 0 Å². The maximum atomic E-state index is 5.86. The van der Waals surface area contributed by atoms with Gasteiger partial charge >= 0.3 is 0 Å². The van der Waals surface area contributed by atoms with Crippen LogP contribution in [0.4, 0.5) is 6.01 Å². The number of aromatic nitrogens is 3. The molecule has 4 aromatic rings. The summed E-state index contributed by atoms with van der Waals surface area (Å²) >= 11 is 0. The summed E-state index contributed by atoms with van der Waals surface area (Å²) < 4.78 is 13.2. The van der Waals surface area contributed by atoms with Crippen LogP contribution in [0.5, 0.6) is 5.75 Å². The van der Waals surface area contributed by atoms with Crippen molar-refractivity contribution in [1.82, 2.24) is 19.4 Å². The summed E-state index contributed by atoms with van der Waals surface area (Å²) in [6.07, 6.45) is 7.24. The quantitative estimate of drug-likeness (QED) is 0.408. The molecule has 0 unspecified atom stereocenters. The lowest BCUT2D eigenvalue weighted by molar-refractivity contribution is 0.396. The van der Waals surface area contributed by atoms with Crippen molar-refractivity contribution >= 4 is 6.01 Å². The predicted molar refractivity (Wildman–Crippen MR) is 120 cm³/mol. The lowest BCUT2D eigenvalue weighted by Crippen LogP contribution is -2.22. The van der Waals surface area contributed by atoms with E-state index in [0.717, 1.165) is 29.2 Å². The average molecular weight is 418 g/mol. The summed E-state index contributed by atoms with van der Waals surface area (Å²) in [5, 5.41) is 0. The van der Waals surface area contributed by atoms with Crippen molar-refractivity contribution in [3.63, 3.8) is 0 Å². The number of rotatable bonds is 9. The fraction of sp³-hybridized carbons (Fsp3) is 0.250. The zero-order chi connectivity index (χ0) is 21.6. The Morgan fingerprint density at radius 2 is 1.81 bits per heavy atom. The fourth-order valence-electron chi connectivity index (χ4n) is 3.43. The van der Waals surface area contributed by atoms with Gasteiger partial charge in [0.15, 0.2) is 0 Å². The number of imidazole rings is 1. The Morgan fingerprint density at radius 3 is 2.52 bits per heavy atom. The molecule has 4 rings (SSSR count). The maximum absolute atomic E-state index is 5.86. The van der Waals surface area contributed by atoms with Gasteiger partial charge in [-0.2, -0.15) is 4.98 Å². The fourth-order valence-corrected chi connectivity index (χ4v) is 3.43. The van der Waals surface area contributed by atoms with Crippen LogP contribution in [0.15, 0.2) is 77.9 Å². The van der Waals surface area contributed by atoms with Crippen molar-refractivity contribution in [2.75, 3.05) is 26.1 Å². The lowest BCUT2D eigenvalue weighted by Gasteiger charge is -2.21. The Kier molecular flexibility index (Phi) is 6.33. The van der Waals surface area contributed by atoms with Gasteiger partial charge in [0.25, 0.3) is 6.01 Å². The number of benzene rings is 2. The topological polar surface area (TPSA) is 59.6 Å². The lowest BCUT2D eigenvalue weighted by atomic mass is 10.1. The molecule has 7 heteroatoms. The Morgan fingerprint density at radius 1 is 1.00 bits per heavy atom. The molecule has 0 radical (unpaired) electrons. The molecule has 0 N–H and O–H groups in total. The highest BCUT2D eigenvalue weighted by Gasteiger charge is 2.16. The summed E-state index contributed by atoms with van der Waals surface area (Å²) in [4.78, 5) is 13.0. The molecule has 0 aliphatic heterocycles. The molecule has 31 heavy (non-hydrogen) atoms. The summed E-state index contributed by atoms with van der Waals surface area (Å²) in [7, 11) is 5.72. The summed E-state index contributed by atoms with van der Waals surface area (Å²) in [6, 6.07) is 17.1. The van der Waals surface area contributed by atoms with Crippen molar-refractivity contribution in [3.05, 3.63) is 90.3 Å². The van der Waals surface area contributed by atoms with E-state index in [1.54, 1.807) is 25.9 Å². The van der Waals surface area contributed by atoms with E-state index < -0.39 is 0 Å². The van der Waals surface area contributed by atoms with E-state index >= 15 is 0 Å². The Bertz CT molecular complexity index is 1090. The normalized spacial score (nSPS) is 11.1. The molecule has 0 aliphatic carbocycles. The SMILES string of the molecule is COc1cccc(CN(Cc2ccc(-n3ccnc3)cc2)c2nc(CN(C)C)co2)c1. The van der Waals surface area contributed by atoms with Crippen LogP contribution in [-0.2, 0) is 19.6 Å². The van der Waals surface area contributed by atoms with Gasteiger partial charge in [0, 0.05) is 37.7 Å². The summed E-state index contributed by atoms with van der Waals surface area (Å²) in [5.41, 5.74) is 4.27. The molecule has 7 nitrogen and oxygen atoms in total. The second-order valence-electron chi connectivity index (χ2n) is 7.70. The smallest absolute Gasteiger partial charge is 0.298 e. The summed E-state index contributed by atoms with van der Waals surface area (Å²) in [5.74, 6) is 0.836. The Labute approximate surface area is 182 Å². The molecular formula is C24H27N5O2. The highest BCUT2D eigenvalue weighted by atomic mass is 16.5. The van der Waals surface area contributed by atoms with Crippen molar-refractivity contribution in [2.45, 2.75) is 19.6 Å². The molecular weight excluding hydrogens is 390 g/mol. The third-order valence-corrected chi connectivity index (χ3v) is 4.91. The van der Waals surface area contributed by atoms with Crippen LogP contribution in [0.3, 0.4) is 0 Å². The third-order valence-electron chi connectivity index (χ3n) is 4.91. The van der Waals surface area contributed by atoms with Crippen molar-refractivity contribution in [2.24, 2.45) is 0 Å². The van der Waals surface area contributed by atoms with Crippen LogP contribution in [0.25, 0.3) is 5.69 Å². The molecule has 0 atom stereocenters. The Hall–Kier alpha value is -3.58. The zero-order valence-corrected chi connectivity index (χ0v) is 18.1. The minimum Gasteiger partial charge on any atom is -0.497 e. The van der Waals surface area contributed by atoms with Gasteiger partial charge in [0.05, 0.1) is 19.1 Å². The Balaban J connectivity index is 1.57. The minimum absolute atomic E-state index is 0.610. The molecule has 0 saturated heterocycles. The van der Waals surface area contributed by atoms with Crippen LogP contribution < -0.4 is 9.64 Å². The van der Waals surface area contributed by atoms with Gasteiger partial charge in [-0.3, -0.25) is 0 Å². The largest absolute Gasteiger partial charge is 0.497 e. The van der Waals surface area contributed by atoms with Gasteiger partial charge in [-0.25, -0.2) is 4.98 Å². The number of hydrogen-bond acceptors (Lipinski definition) is 6. The average Bonchev–Trinajstić information content (AvgIpc) is 3.46. The molecule has 2 heterocycles. The molecule has 0 bridgehead atoms. The highest BCUT2D eigenvalue weighted by Crippen LogP contribution is 2.22. The van der Waals surface area contributed by atoms with E-state index in [1.165, 1.54) is 5.56 Å². The first kappa shape index (κ1) is 20.7. The number of oxazole rings is 1. The number of methoxy groups -OCH3 is 1. The molecule has 0 fully saturated rings. The van der Waals surface area contributed by atoms with Crippen LogP contribution in [0, 0.1) is 0 Å². The first-order chi connectivity index (χ1) is 15.1. The van der Waals surface area contributed by atoms with E-state index in [1.807, 2.05) is 43.1 Å². The van der Waals surface area contributed by atoms with E-state index in [0.29, 0.717) is 19.1 Å². The van der Waals surface area contributed by atoms with Gasteiger partial charge in [0.2, 0.25) is 0 Å². The molecule has 0 spiro atoms. The second kappa shape index (κ2) is 9.49. The number of nitrogens with zero attached hydrogens (tertiary/aromatic N) is 5. The second-order valence-corrected chi connectivity index (χ2v) is 7.70. The van der Waals surface area contributed by atoms with E-state index in [-0.39, 0.29) is 0 Å². The van der Waals surface area contributed by atoms with Gasteiger partial charge in [0.1, 0.15) is 12.0 Å². The van der Waals surface area contributed by atoms with Crippen LogP contribution in [0.1, 0.15) is 16.8 Å². The van der Waals surface area contributed by atoms with Crippen molar-refractivity contribution in [3.8, 4) is 11.4 Å². The molecule has 0 saturated carbocycles. The number of hydrogen-bond donors (Lipinski definition) is 0. The molecule has 0 amide bonds.